The largest absolute Gasteiger partial charge is 0.434 e. The van der Waals surface area contributed by atoms with Crippen molar-refractivity contribution in [3.63, 3.8) is 0 Å². The molecule has 0 amide bonds. The van der Waals surface area contributed by atoms with Gasteiger partial charge >= 0.3 is 6.61 Å². The van der Waals surface area contributed by atoms with Crippen LogP contribution in [0.15, 0.2) is 29.3 Å². The van der Waals surface area contributed by atoms with Crippen LogP contribution in [-0.4, -0.2) is 37.4 Å². The lowest BCUT2D eigenvalue weighted by molar-refractivity contribution is -0.0504. The lowest BCUT2D eigenvalue weighted by Gasteiger charge is -2.18. The minimum Gasteiger partial charge on any atom is -0.434 e. The van der Waals surface area contributed by atoms with Crippen molar-refractivity contribution in [3.05, 3.63) is 29.8 Å². The number of guanidine groups is 1. The molecule has 1 aromatic carbocycles. The first-order valence-electron chi connectivity index (χ1n) is 8.76. The molecule has 7 heteroatoms. The van der Waals surface area contributed by atoms with Gasteiger partial charge in [0.1, 0.15) is 5.75 Å². The number of ether oxygens (including phenoxy) is 1. The second-order valence-corrected chi connectivity index (χ2v) is 5.73. The number of hydrogen-bond donors (Lipinski definition) is 3. The molecule has 0 saturated carbocycles. The predicted octanol–water partition coefficient (Wildman–Crippen LogP) is 3.14. The molecular weight excluding hydrogens is 328 g/mol. The van der Waals surface area contributed by atoms with Crippen LogP contribution in [0, 0.1) is 5.92 Å². The summed E-state index contributed by atoms with van der Waals surface area (Å²) < 4.78 is 29.5. The molecule has 0 aliphatic carbocycles. The Labute approximate surface area is 148 Å². The molecule has 5 nitrogen and oxygen atoms in total. The van der Waals surface area contributed by atoms with Gasteiger partial charge in [-0.25, -0.2) is 4.99 Å². The third-order valence-electron chi connectivity index (χ3n) is 3.73. The van der Waals surface area contributed by atoms with E-state index in [-0.39, 0.29) is 18.9 Å². The molecule has 0 aliphatic rings. The number of nitrogens with one attached hydrogen (secondary N) is 2. The minimum atomic E-state index is -2.86. The monoisotopic (exact) mass is 357 g/mol. The number of nitrogens with zero attached hydrogens (tertiary/aromatic N) is 1. The molecule has 1 atom stereocenters. The van der Waals surface area contributed by atoms with Crippen LogP contribution in [0.25, 0.3) is 0 Å². The highest BCUT2D eigenvalue weighted by Gasteiger charge is 2.10. The molecule has 3 N–H and O–H groups in total. The SMILES string of the molecule is CCCC(CCO)CNC(=NCc1ccccc1OC(F)F)NCC. The van der Waals surface area contributed by atoms with Crippen LogP contribution < -0.4 is 15.4 Å². The van der Waals surface area contributed by atoms with E-state index >= 15 is 0 Å². The summed E-state index contributed by atoms with van der Waals surface area (Å²) >= 11 is 0. The van der Waals surface area contributed by atoms with Gasteiger partial charge in [-0.2, -0.15) is 8.78 Å². The number of benzene rings is 1. The minimum absolute atomic E-state index is 0.140. The van der Waals surface area contributed by atoms with Crippen LogP contribution in [0.4, 0.5) is 8.78 Å². The summed E-state index contributed by atoms with van der Waals surface area (Å²) in [5.41, 5.74) is 0.598. The van der Waals surface area contributed by atoms with E-state index in [0.717, 1.165) is 19.3 Å². The number of rotatable bonds is 11. The molecule has 0 aromatic heterocycles. The smallest absolute Gasteiger partial charge is 0.387 e. The highest BCUT2D eigenvalue weighted by atomic mass is 19.3. The van der Waals surface area contributed by atoms with Crippen molar-refractivity contribution in [3.8, 4) is 5.75 Å². The Kier molecular flexibility index (Phi) is 10.6. The number of aliphatic hydroxyl groups is 1. The Morgan fingerprint density at radius 3 is 2.60 bits per heavy atom. The lowest BCUT2D eigenvalue weighted by Crippen LogP contribution is -2.40. The number of aliphatic imine (C=N–C) groups is 1. The second-order valence-electron chi connectivity index (χ2n) is 5.73. The van der Waals surface area contributed by atoms with Crippen LogP contribution in [0.2, 0.25) is 0 Å². The summed E-state index contributed by atoms with van der Waals surface area (Å²) in [5, 5.41) is 15.5. The number of halogens is 2. The van der Waals surface area contributed by atoms with Crippen molar-refractivity contribution < 1.29 is 18.6 Å². The summed E-state index contributed by atoms with van der Waals surface area (Å²) in [6.07, 6.45) is 2.82. The van der Waals surface area contributed by atoms with Crippen LogP contribution in [-0.2, 0) is 6.54 Å². The van der Waals surface area contributed by atoms with Gasteiger partial charge in [0.2, 0.25) is 0 Å². The standard InChI is InChI=1S/C18H29F2N3O2/c1-3-7-14(10-11-24)12-22-18(21-4-2)23-13-15-8-5-6-9-16(15)25-17(19)20/h5-6,8-9,14,17,24H,3-4,7,10-13H2,1-2H3,(H2,21,22,23). The van der Waals surface area contributed by atoms with E-state index in [1.54, 1.807) is 18.2 Å². The van der Waals surface area contributed by atoms with Crippen molar-refractivity contribution >= 4 is 5.96 Å². The molecule has 0 heterocycles. The number of hydrogen-bond acceptors (Lipinski definition) is 3. The third-order valence-corrected chi connectivity index (χ3v) is 3.73. The average Bonchev–Trinajstić information content (AvgIpc) is 2.58. The molecule has 0 radical (unpaired) electrons. The van der Waals surface area contributed by atoms with Gasteiger partial charge < -0.3 is 20.5 Å². The van der Waals surface area contributed by atoms with E-state index < -0.39 is 6.61 Å². The summed E-state index contributed by atoms with van der Waals surface area (Å²) in [6, 6.07) is 6.65. The van der Waals surface area contributed by atoms with Crippen molar-refractivity contribution in [2.75, 3.05) is 19.7 Å². The Hall–Kier alpha value is -1.89. The van der Waals surface area contributed by atoms with Crippen molar-refractivity contribution in [1.82, 2.24) is 10.6 Å². The molecular formula is C18H29F2N3O2. The van der Waals surface area contributed by atoms with Gasteiger partial charge in [0.15, 0.2) is 5.96 Å². The zero-order chi connectivity index (χ0) is 18.5. The van der Waals surface area contributed by atoms with Gasteiger partial charge in [0.25, 0.3) is 0 Å². The molecule has 0 bridgehead atoms. The van der Waals surface area contributed by atoms with E-state index in [9.17, 15) is 8.78 Å². The van der Waals surface area contributed by atoms with Crippen molar-refractivity contribution in [2.24, 2.45) is 10.9 Å². The van der Waals surface area contributed by atoms with Crippen LogP contribution >= 0.6 is 0 Å². The van der Waals surface area contributed by atoms with Gasteiger partial charge in [-0.1, -0.05) is 31.5 Å². The molecule has 142 valence electrons. The van der Waals surface area contributed by atoms with Gasteiger partial charge in [0.05, 0.1) is 6.54 Å². The Morgan fingerprint density at radius 2 is 1.96 bits per heavy atom. The van der Waals surface area contributed by atoms with Crippen LogP contribution in [0.3, 0.4) is 0 Å². The zero-order valence-electron chi connectivity index (χ0n) is 15.0. The van der Waals surface area contributed by atoms with Gasteiger partial charge in [-0.05, 0) is 31.7 Å². The first-order chi connectivity index (χ1) is 12.1. The van der Waals surface area contributed by atoms with E-state index in [1.807, 2.05) is 6.92 Å². The van der Waals surface area contributed by atoms with E-state index in [2.05, 4.69) is 27.3 Å². The fourth-order valence-electron chi connectivity index (χ4n) is 2.53. The summed E-state index contributed by atoms with van der Waals surface area (Å²) in [4.78, 5) is 4.45. The number of alkyl halides is 2. The second kappa shape index (κ2) is 12.5. The lowest BCUT2D eigenvalue weighted by atomic mass is 10.0. The summed E-state index contributed by atoms with van der Waals surface area (Å²) in [7, 11) is 0. The summed E-state index contributed by atoms with van der Waals surface area (Å²) in [6.45, 7) is 3.01. The molecule has 0 fully saturated rings. The van der Waals surface area contributed by atoms with Crippen LogP contribution in [0.5, 0.6) is 5.75 Å². The predicted molar refractivity (Wildman–Crippen MR) is 96.0 cm³/mol. The van der Waals surface area contributed by atoms with Crippen molar-refractivity contribution in [2.45, 2.75) is 46.3 Å². The van der Waals surface area contributed by atoms with Gasteiger partial charge in [-0.3, -0.25) is 0 Å². The average molecular weight is 357 g/mol. The molecule has 1 aromatic rings. The molecule has 1 rings (SSSR count). The summed E-state index contributed by atoms with van der Waals surface area (Å²) in [5.74, 6) is 1.13. The maximum Gasteiger partial charge on any atom is 0.387 e. The normalized spacial score (nSPS) is 13.0. The quantitative estimate of drug-likeness (QED) is 0.420. The van der Waals surface area contributed by atoms with Gasteiger partial charge in [-0.15, -0.1) is 0 Å². The number of para-hydroxylation sites is 1. The van der Waals surface area contributed by atoms with Crippen molar-refractivity contribution in [1.29, 1.82) is 0 Å². The Morgan fingerprint density at radius 1 is 1.20 bits per heavy atom. The third kappa shape index (κ3) is 8.67. The number of aliphatic hydroxyl groups excluding tert-OH is 1. The zero-order valence-corrected chi connectivity index (χ0v) is 15.0. The fraction of sp³-hybridized carbons (Fsp3) is 0.611. The van der Waals surface area contributed by atoms with E-state index in [0.29, 0.717) is 30.5 Å². The molecule has 25 heavy (non-hydrogen) atoms. The van der Waals surface area contributed by atoms with E-state index in [4.69, 9.17) is 5.11 Å². The molecule has 0 aliphatic heterocycles. The maximum atomic E-state index is 12.5. The highest BCUT2D eigenvalue weighted by Crippen LogP contribution is 2.21. The van der Waals surface area contributed by atoms with E-state index in [1.165, 1.54) is 6.07 Å². The Bertz CT molecular complexity index is 507. The maximum absolute atomic E-state index is 12.5. The molecule has 0 spiro atoms. The first kappa shape index (κ1) is 21.2. The van der Waals surface area contributed by atoms with Crippen LogP contribution in [0.1, 0.15) is 38.7 Å². The topological polar surface area (TPSA) is 65.9 Å². The van der Waals surface area contributed by atoms with Gasteiger partial charge in [0, 0.05) is 25.3 Å². The molecule has 0 saturated heterocycles. The molecule has 1 unspecified atom stereocenters. The first-order valence-corrected chi connectivity index (χ1v) is 8.76. The Balaban J connectivity index is 2.72. The fourth-order valence-corrected chi connectivity index (χ4v) is 2.53. The highest BCUT2D eigenvalue weighted by molar-refractivity contribution is 5.79.